The Morgan fingerprint density at radius 3 is 2.71 bits per heavy atom. The van der Waals surface area contributed by atoms with Crippen molar-refractivity contribution in [2.45, 2.75) is 38.6 Å². The third-order valence-electron chi connectivity index (χ3n) is 3.40. The Bertz CT molecular complexity index is 377. The minimum Gasteiger partial charge on any atom is -0.479 e. The molecule has 5 heteroatoms. The predicted molar refractivity (Wildman–Crippen MR) is 68.3 cm³/mol. The molecular weight excluding hydrogens is 216 g/mol. The third-order valence-corrected chi connectivity index (χ3v) is 3.40. The van der Waals surface area contributed by atoms with Crippen LogP contribution >= 0.6 is 0 Å². The van der Waals surface area contributed by atoms with Crippen LogP contribution in [0.2, 0.25) is 0 Å². The number of nitrogens with zero attached hydrogens (tertiary/aromatic N) is 3. The third kappa shape index (κ3) is 2.28. The Kier molecular flexibility index (Phi) is 3.66. The smallest absolute Gasteiger partial charge is 0.242 e. The first-order valence-electron chi connectivity index (χ1n) is 6.19. The van der Waals surface area contributed by atoms with Crippen molar-refractivity contribution in [3.63, 3.8) is 0 Å². The Labute approximate surface area is 102 Å². The van der Waals surface area contributed by atoms with Gasteiger partial charge in [-0.2, -0.15) is 4.98 Å². The van der Waals surface area contributed by atoms with Crippen LogP contribution in [0.1, 0.15) is 32.6 Å². The van der Waals surface area contributed by atoms with Crippen LogP contribution in [0.4, 0.5) is 11.5 Å². The molecule has 1 saturated carbocycles. The van der Waals surface area contributed by atoms with Gasteiger partial charge in [0.1, 0.15) is 12.0 Å². The van der Waals surface area contributed by atoms with Crippen molar-refractivity contribution >= 4 is 11.5 Å². The number of rotatable bonds is 4. The zero-order valence-electron chi connectivity index (χ0n) is 10.5. The molecule has 0 atom stereocenters. The summed E-state index contributed by atoms with van der Waals surface area (Å²) in [5.74, 6) is 1.28. The van der Waals surface area contributed by atoms with Gasteiger partial charge in [0.15, 0.2) is 5.82 Å². The summed E-state index contributed by atoms with van der Waals surface area (Å²) in [7, 11) is 1.58. The molecule has 5 nitrogen and oxygen atoms in total. The molecule has 1 aliphatic carbocycles. The zero-order valence-corrected chi connectivity index (χ0v) is 10.5. The first kappa shape index (κ1) is 12.0. The number of methoxy groups -OCH3 is 1. The molecular formula is C12H20N4O. The maximum absolute atomic E-state index is 6.05. The van der Waals surface area contributed by atoms with Crippen LogP contribution in [0.25, 0.3) is 0 Å². The van der Waals surface area contributed by atoms with E-state index in [1.54, 1.807) is 7.11 Å². The van der Waals surface area contributed by atoms with Gasteiger partial charge in [-0.05, 0) is 19.8 Å². The molecule has 1 aromatic rings. The summed E-state index contributed by atoms with van der Waals surface area (Å²) in [5.41, 5.74) is 6.59. The Morgan fingerprint density at radius 1 is 1.41 bits per heavy atom. The molecule has 1 fully saturated rings. The normalized spacial score (nSPS) is 16.1. The predicted octanol–water partition coefficient (Wildman–Crippen LogP) is 1.84. The van der Waals surface area contributed by atoms with Gasteiger partial charge < -0.3 is 15.4 Å². The largest absolute Gasteiger partial charge is 0.479 e. The van der Waals surface area contributed by atoms with E-state index in [9.17, 15) is 0 Å². The van der Waals surface area contributed by atoms with E-state index in [1.165, 1.54) is 32.0 Å². The summed E-state index contributed by atoms with van der Waals surface area (Å²) in [5, 5.41) is 0. The highest BCUT2D eigenvalue weighted by Gasteiger charge is 2.25. The minimum absolute atomic E-state index is 0.464. The van der Waals surface area contributed by atoms with E-state index in [0.29, 0.717) is 17.6 Å². The summed E-state index contributed by atoms with van der Waals surface area (Å²) in [4.78, 5) is 10.6. The number of anilines is 2. The van der Waals surface area contributed by atoms with Crippen LogP contribution in [0.5, 0.6) is 5.88 Å². The molecule has 1 aromatic heterocycles. The fraction of sp³-hybridized carbons (Fsp3) is 0.667. The molecule has 0 aliphatic heterocycles. The highest BCUT2D eigenvalue weighted by molar-refractivity contribution is 5.68. The quantitative estimate of drug-likeness (QED) is 0.864. The Hall–Kier alpha value is -1.52. The summed E-state index contributed by atoms with van der Waals surface area (Å²) in [6, 6.07) is 0.557. The first-order chi connectivity index (χ1) is 8.27. The Balaban J connectivity index is 2.29. The van der Waals surface area contributed by atoms with Gasteiger partial charge in [0.05, 0.1) is 7.11 Å². The molecule has 0 radical (unpaired) electrons. The van der Waals surface area contributed by atoms with Crippen molar-refractivity contribution in [3.8, 4) is 5.88 Å². The highest BCUT2D eigenvalue weighted by atomic mass is 16.5. The van der Waals surface area contributed by atoms with Gasteiger partial charge in [-0.15, -0.1) is 0 Å². The number of nitrogen functional groups attached to an aromatic ring is 1. The van der Waals surface area contributed by atoms with Crippen LogP contribution in [0, 0.1) is 0 Å². The number of hydrogen-bond donors (Lipinski definition) is 1. The van der Waals surface area contributed by atoms with Crippen LogP contribution in [0.3, 0.4) is 0 Å². The van der Waals surface area contributed by atoms with Crippen molar-refractivity contribution in [2.24, 2.45) is 0 Å². The molecule has 94 valence electrons. The van der Waals surface area contributed by atoms with E-state index in [0.717, 1.165) is 12.4 Å². The van der Waals surface area contributed by atoms with Gasteiger partial charge in [0.25, 0.3) is 0 Å². The molecule has 1 aliphatic rings. The molecule has 0 amide bonds. The van der Waals surface area contributed by atoms with Crippen LogP contribution in [-0.2, 0) is 0 Å². The standard InChI is InChI=1S/C12H20N4O/c1-3-16(9-6-4-5-7-9)11-10(13)12(17-2)15-8-14-11/h8-9H,3-7,13H2,1-2H3. The SMILES string of the molecule is CCN(c1ncnc(OC)c1N)C1CCCC1. The molecule has 2 N–H and O–H groups in total. The lowest BCUT2D eigenvalue weighted by Crippen LogP contribution is -2.34. The highest BCUT2D eigenvalue weighted by Crippen LogP contribution is 2.33. The number of nitrogens with two attached hydrogens (primary N) is 1. The van der Waals surface area contributed by atoms with Crippen molar-refractivity contribution in [3.05, 3.63) is 6.33 Å². The molecule has 0 spiro atoms. The lowest BCUT2D eigenvalue weighted by atomic mass is 10.2. The van der Waals surface area contributed by atoms with Gasteiger partial charge in [-0.25, -0.2) is 4.98 Å². The average Bonchev–Trinajstić information content (AvgIpc) is 2.86. The minimum atomic E-state index is 0.464. The molecule has 1 heterocycles. The topological polar surface area (TPSA) is 64.3 Å². The maximum Gasteiger partial charge on any atom is 0.242 e. The monoisotopic (exact) mass is 236 g/mol. The lowest BCUT2D eigenvalue weighted by molar-refractivity contribution is 0.399. The summed E-state index contributed by atoms with van der Waals surface area (Å²) < 4.78 is 5.14. The second kappa shape index (κ2) is 5.21. The van der Waals surface area contributed by atoms with E-state index in [1.807, 2.05) is 0 Å². The fourth-order valence-corrected chi connectivity index (χ4v) is 2.56. The van der Waals surface area contributed by atoms with E-state index in [-0.39, 0.29) is 0 Å². The van der Waals surface area contributed by atoms with Crippen LogP contribution in [-0.4, -0.2) is 29.7 Å². The van der Waals surface area contributed by atoms with Gasteiger partial charge in [0, 0.05) is 12.6 Å². The second-order valence-corrected chi connectivity index (χ2v) is 4.34. The van der Waals surface area contributed by atoms with Crippen molar-refractivity contribution in [1.82, 2.24) is 9.97 Å². The van der Waals surface area contributed by atoms with E-state index in [2.05, 4.69) is 21.8 Å². The molecule has 0 unspecified atom stereocenters. The van der Waals surface area contributed by atoms with Crippen molar-refractivity contribution < 1.29 is 4.74 Å². The summed E-state index contributed by atoms with van der Waals surface area (Å²) in [6.45, 7) is 3.04. The van der Waals surface area contributed by atoms with Crippen LogP contribution < -0.4 is 15.4 Å². The van der Waals surface area contributed by atoms with Gasteiger partial charge in [0.2, 0.25) is 5.88 Å². The van der Waals surface area contributed by atoms with Crippen molar-refractivity contribution in [2.75, 3.05) is 24.3 Å². The molecule has 0 bridgehead atoms. The van der Waals surface area contributed by atoms with E-state index < -0.39 is 0 Å². The lowest BCUT2D eigenvalue weighted by Gasteiger charge is -2.29. The van der Waals surface area contributed by atoms with Gasteiger partial charge in [-0.3, -0.25) is 0 Å². The summed E-state index contributed by atoms with van der Waals surface area (Å²) >= 11 is 0. The first-order valence-corrected chi connectivity index (χ1v) is 6.19. The van der Waals surface area contributed by atoms with Gasteiger partial charge >= 0.3 is 0 Å². The van der Waals surface area contributed by atoms with Crippen LogP contribution in [0.15, 0.2) is 6.33 Å². The van der Waals surface area contributed by atoms with E-state index in [4.69, 9.17) is 10.5 Å². The molecule has 0 aromatic carbocycles. The van der Waals surface area contributed by atoms with Crippen molar-refractivity contribution in [1.29, 1.82) is 0 Å². The molecule has 0 saturated heterocycles. The van der Waals surface area contributed by atoms with Gasteiger partial charge in [-0.1, -0.05) is 12.8 Å². The number of ether oxygens (including phenoxy) is 1. The number of hydrogen-bond acceptors (Lipinski definition) is 5. The summed E-state index contributed by atoms with van der Waals surface area (Å²) in [6.07, 6.45) is 6.55. The maximum atomic E-state index is 6.05. The fourth-order valence-electron chi connectivity index (χ4n) is 2.56. The second-order valence-electron chi connectivity index (χ2n) is 4.34. The zero-order chi connectivity index (χ0) is 12.3. The average molecular weight is 236 g/mol. The van der Waals surface area contributed by atoms with E-state index >= 15 is 0 Å². The molecule has 2 rings (SSSR count). The Morgan fingerprint density at radius 2 is 2.12 bits per heavy atom. The number of aromatic nitrogens is 2. The molecule has 17 heavy (non-hydrogen) atoms.